The van der Waals surface area contributed by atoms with Crippen molar-refractivity contribution in [2.24, 2.45) is 5.41 Å². The average Bonchev–Trinajstić information content (AvgIpc) is 2.33. The van der Waals surface area contributed by atoms with E-state index in [1.54, 1.807) is 0 Å². The fourth-order valence-corrected chi connectivity index (χ4v) is 2.46. The highest BCUT2D eigenvalue weighted by atomic mass is 15.0. The van der Waals surface area contributed by atoms with Crippen molar-refractivity contribution >= 4 is 0 Å². The molecular weight excluding hydrogens is 170 g/mol. The molecule has 1 saturated carbocycles. The van der Waals surface area contributed by atoms with Crippen LogP contribution in [0, 0.1) is 5.41 Å². The SMILES string of the molecule is CC.CC.CC1NCC12CCCCC2. The minimum atomic E-state index is 0.748. The minimum Gasteiger partial charge on any atom is -0.313 e. The lowest BCUT2D eigenvalue weighted by atomic mass is 9.65. The Morgan fingerprint density at radius 3 is 1.64 bits per heavy atom. The van der Waals surface area contributed by atoms with E-state index in [9.17, 15) is 0 Å². The van der Waals surface area contributed by atoms with E-state index in [1.807, 2.05) is 27.7 Å². The third-order valence-corrected chi connectivity index (χ3v) is 3.53. The monoisotopic (exact) mass is 199 g/mol. The zero-order chi connectivity index (χ0) is 11.0. The first kappa shape index (κ1) is 14.0. The van der Waals surface area contributed by atoms with Crippen molar-refractivity contribution in [3.8, 4) is 0 Å². The maximum Gasteiger partial charge on any atom is 0.0108 e. The molecule has 1 saturated heterocycles. The Bertz CT molecular complexity index is 125. The summed E-state index contributed by atoms with van der Waals surface area (Å²) < 4.78 is 0. The van der Waals surface area contributed by atoms with Crippen LogP contribution in [-0.4, -0.2) is 12.6 Å². The molecule has 0 aromatic carbocycles. The fourth-order valence-electron chi connectivity index (χ4n) is 2.46. The van der Waals surface area contributed by atoms with E-state index >= 15 is 0 Å². The Morgan fingerprint density at radius 1 is 0.929 bits per heavy atom. The Morgan fingerprint density at radius 2 is 1.43 bits per heavy atom. The van der Waals surface area contributed by atoms with Crippen LogP contribution in [0.2, 0.25) is 0 Å². The molecule has 0 aromatic rings. The van der Waals surface area contributed by atoms with Crippen molar-refractivity contribution in [1.29, 1.82) is 0 Å². The maximum atomic E-state index is 3.47. The summed E-state index contributed by atoms with van der Waals surface area (Å²) in [5, 5.41) is 3.47. The van der Waals surface area contributed by atoms with E-state index in [4.69, 9.17) is 0 Å². The molecule has 2 aliphatic rings. The highest BCUT2D eigenvalue weighted by Gasteiger charge is 2.43. The summed E-state index contributed by atoms with van der Waals surface area (Å²) in [7, 11) is 0. The van der Waals surface area contributed by atoms with Gasteiger partial charge in [0.25, 0.3) is 0 Å². The summed E-state index contributed by atoms with van der Waals surface area (Å²) in [5.41, 5.74) is 0.748. The molecule has 1 spiro atoms. The van der Waals surface area contributed by atoms with Gasteiger partial charge in [-0.2, -0.15) is 0 Å². The first-order valence-electron chi connectivity index (χ1n) is 6.57. The molecular formula is C13H29N. The summed E-state index contributed by atoms with van der Waals surface area (Å²) >= 11 is 0. The van der Waals surface area contributed by atoms with E-state index < -0.39 is 0 Å². The molecule has 0 radical (unpaired) electrons. The molecule has 0 amide bonds. The lowest BCUT2D eigenvalue weighted by Gasteiger charge is -2.51. The minimum absolute atomic E-state index is 0.748. The van der Waals surface area contributed by atoms with Gasteiger partial charge in [-0.3, -0.25) is 0 Å². The van der Waals surface area contributed by atoms with Crippen LogP contribution in [0.1, 0.15) is 66.7 Å². The van der Waals surface area contributed by atoms with Gasteiger partial charge in [-0.05, 0) is 25.2 Å². The van der Waals surface area contributed by atoms with Gasteiger partial charge in [0.15, 0.2) is 0 Å². The van der Waals surface area contributed by atoms with Gasteiger partial charge in [-0.1, -0.05) is 47.0 Å². The molecule has 1 N–H and O–H groups in total. The summed E-state index contributed by atoms with van der Waals surface area (Å²) in [4.78, 5) is 0. The molecule has 1 heterocycles. The van der Waals surface area contributed by atoms with E-state index in [1.165, 1.54) is 38.6 Å². The summed E-state index contributed by atoms with van der Waals surface area (Å²) in [5.74, 6) is 0. The van der Waals surface area contributed by atoms with Crippen LogP contribution in [0.4, 0.5) is 0 Å². The quantitative estimate of drug-likeness (QED) is 0.622. The van der Waals surface area contributed by atoms with Crippen molar-refractivity contribution in [3.05, 3.63) is 0 Å². The lowest BCUT2D eigenvalue weighted by molar-refractivity contribution is 0.0478. The predicted molar refractivity (Wildman–Crippen MR) is 65.7 cm³/mol. The lowest BCUT2D eigenvalue weighted by Crippen LogP contribution is -2.61. The van der Waals surface area contributed by atoms with Gasteiger partial charge in [0.2, 0.25) is 0 Å². The third-order valence-electron chi connectivity index (χ3n) is 3.53. The van der Waals surface area contributed by atoms with Crippen molar-refractivity contribution in [3.63, 3.8) is 0 Å². The molecule has 86 valence electrons. The standard InChI is InChI=1S/C9H17N.2C2H6/c1-8-9(7-10-8)5-3-2-4-6-9;2*1-2/h8,10H,2-7H2,1H3;2*1-2H3. The Labute approximate surface area is 90.7 Å². The zero-order valence-corrected chi connectivity index (χ0v) is 10.8. The van der Waals surface area contributed by atoms with Gasteiger partial charge in [0.1, 0.15) is 0 Å². The van der Waals surface area contributed by atoms with E-state index in [-0.39, 0.29) is 0 Å². The van der Waals surface area contributed by atoms with Gasteiger partial charge in [-0.25, -0.2) is 0 Å². The molecule has 1 aliphatic carbocycles. The molecule has 1 aliphatic heterocycles. The first-order chi connectivity index (χ1) is 6.83. The second-order valence-electron chi connectivity index (χ2n) is 4.03. The highest BCUT2D eigenvalue weighted by molar-refractivity contribution is 5.00. The highest BCUT2D eigenvalue weighted by Crippen LogP contribution is 2.43. The Kier molecular flexibility index (Phi) is 7.26. The molecule has 2 fully saturated rings. The van der Waals surface area contributed by atoms with Gasteiger partial charge in [-0.15, -0.1) is 0 Å². The third kappa shape index (κ3) is 2.98. The van der Waals surface area contributed by atoms with E-state index in [0.29, 0.717) is 0 Å². The first-order valence-corrected chi connectivity index (χ1v) is 6.57. The normalized spacial score (nSPS) is 27.6. The molecule has 0 aromatic heterocycles. The maximum absolute atomic E-state index is 3.47. The summed E-state index contributed by atoms with van der Waals surface area (Å²) in [6.45, 7) is 11.6. The van der Waals surface area contributed by atoms with Gasteiger partial charge < -0.3 is 5.32 Å². The van der Waals surface area contributed by atoms with Crippen LogP contribution < -0.4 is 5.32 Å². The molecule has 0 bridgehead atoms. The van der Waals surface area contributed by atoms with Crippen LogP contribution in [0.25, 0.3) is 0 Å². The molecule has 1 unspecified atom stereocenters. The van der Waals surface area contributed by atoms with Gasteiger partial charge >= 0.3 is 0 Å². The van der Waals surface area contributed by atoms with Crippen molar-refractivity contribution in [2.75, 3.05) is 6.54 Å². The largest absolute Gasteiger partial charge is 0.313 e. The predicted octanol–water partition coefficient (Wildman–Crippen LogP) is 3.98. The molecule has 2 rings (SSSR count). The smallest absolute Gasteiger partial charge is 0.0108 e. The number of rotatable bonds is 0. The molecule has 14 heavy (non-hydrogen) atoms. The number of hydrogen-bond acceptors (Lipinski definition) is 1. The van der Waals surface area contributed by atoms with Crippen molar-refractivity contribution in [2.45, 2.75) is 72.8 Å². The van der Waals surface area contributed by atoms with Crippen LogP contribution in [-0.2, 0) is 0 Å². The van der Waals surface area contributed by atoms with E-state index in [0.717, 1.165) is 11.5 Å². The second-order valence-corrected chi connectivity index (χ2v) is 4.03. The topological polar surface area (TPSA) is 12.0 Å². The van der Waals surface area contributed by atoms with Crippen LogP contribution >= 0.6 is 0 Å². The van der Waals surface area contributed by atoms with Crippen LogP contribution in [0.15, 0.2) is 0 Å². The molecule has 1 atom stereocenters. The second kappa shape index (κ2) is 7.28. The molecule has 1 nitrogen and oxygen atoms in total. The van der Waals surface area contributed by atoms with Crippen LogP contribution in [0.3, 0.4) is 0 Å². The van der Waals surface area contributed by atoms with Crippen molar-refractivity contribution < 1.29 is 0 Å². The van der Waals surface area contributed by atoms with Gasteiger partial charge in [0, 0.05) is 12.6 Å². The van der Waals surface area contributed by atoms with E-state index in [2.05, 4.69) is 12.2 Å². The Balaban J connectivity index is 0.000000379. The summed E-state index contributed by atoms with van der Waals surface area (Å²) in [6.07, 6.45) is 7.41. The van der Waals surface area contributed by atoms with Crippen molar-refractivity contribution in [1.82, 2.24) is 5.32 Å². The molecule has 1 heteroatoms. The zero-order valence-electron chi connectivity index (χ0n) is 10.8. The number of hydrogen-bond donors (Lipinski definition) is 1. The fraction of sp³-hybridized carbons (Fsp3) is 1.00. The van der Waals surface area contributed by atoms with Gasteiger partial charge in [0.05, 0.1) is 0 Å². The average molecular weight is 199 g/mol. The Hall–Kier alpha value is -0.0400. The number of nitrogens with one attached hydrogen (secondary N) is 1. The summed E-state index contributed by atoms with van der Waals surface area (Å²) in [6, 6.07) is 0.813. The van der Waals surface area contributed by atoms with Crippen LogP contribution in [0.5, 0.6) is 0 Å².